The molecule has 11 heteroatoms. The lowest BCUT2D eigenvalue weighted by atomic mass is 9.99. The molecule has 1 atom stereocenters. The van der Waals surface area contributed by atoms with Gasteiger partial charge in [-0.1, -0.05) is 35.9 Å². The van der Waals surface area contributed by atoms with Gasteiger partial charge in [0.25, 0.3) is 17.7 Å². The number of hydrogen-bond donors (Lipinski definition) is 1. The van der Waals surface area contributed by atoms with E-state index in [1.807, 2.05) is 13.0 Å². The summed E-state index contributed by atoms with van der Waals surface area (Å²) in [6.45, 7) is 2.14. The number of anilines is 2. The minimum absolute atomic E-state index is 0.149. The second-order valence-electron chi connectivity index (χ2n) is 9.22. The van der Waals surface area contributed by atoms with Crippen molar-refractivity contribution >= 4 is 34.8 Å². The van der Waals surface area contributed by atoms with E-state index in [0.717, 1.165) is 0 Å². The van der Waals surface area contributed by atoms with E-state index < -0.39 is 17.7 Å². The van der Waals surface area contributed by atoms with Gasteiger partial charge in [0.1, 0.15) is 17.5 Å². The first-order chi connectivity index (χ1) is 19.1. The van der Waals surface area contributed by atoms with Crippen molar-refractivity contribution in [3.05, 3.63) is 106 Å². The average molecular weight is 562 g/mol. The first-order valence-corrected chi connectivity index (χ1v) is 12.5. The maximum atomic E-state index is 15.1. The number of benzene rings is 3. The maximum Gasteiger partial charge on any atom is 0.298 e. The van der Waals surface area contributed by atoms with Crippen LogP contribution >= 0.6 is 11.6 Å². The molecule has 1 aliphatic heterocycles. The number of carbonyl (C=O) groups excluding carboxylic acids is 2. The van der Waals surface area contributed by atoms with Crippen LogP contribution in [0.2, 0.25) is 5.02 Å². The van der Waals surface area contributed by atoms with Crippen molar-refractivity contribution < 1.29 is 23.1 Å². The largest absolute Gasteiger partial charge is 0.495 e. The molecule has 0 radical (unpaired) electrons. The number of carbonyl (C=O) groups is 2. The Morgan fingerprint density at radius 3 is 2.40 bits per heavy atom. The molecule has 0 bridgehead atoms. The van der Waals surface area contributed by atoms with Crippen molar-refractivity contribution in [1.29, 1.82) is 5.26 Å². The second kappa shape index (κ2) is 10.4. The normalized spacial score (nSPS) is 14.8. The summed E-state index contributed by atoms with van der Waals surface area (Å²) in [5.41, 5.74) is 0.714. The van der Waals surface area contributed by atoms with Gasteiger partial charge in [-0.25, -0.2) is 0 Å². The van der Waals surface area contributed by atoms with Gasteiger partial charge in [0.2, 0.25) is 0 Å². The van der Waals surface area contributed by atoms with E-state index in [-0.39, 0.29) is 39.7 Å². The highest BCUT2D eigenvalue weighted by molar-refractivity contribution is 6.30. The standard InChI is InChI=1S/C29H22ClF2N5O3/c1-17-16-36-26(24(15-34-36)35-27(38)18-3-12-25(40-2)19(13-18)14-33)28(39)37(17)23-10-6-21(7-11-23)29(31,32)20-4-8-22(30)9-5-20/h3-13,15,17H,16H2,1-2H3,(H,35,38). The van der Waals surface area contributed by atoms with Crippen LogP contribution in [0.25, 0.3) is 0 Å². The molecule has 0 fully saturated rings. The van der Waals surface area contributed by atoms with Crippen LogP contribution < -0.4 is 15.0 Å². The van der Waals surface area contributed by atoms with Gasteiger partial charge in [0, 0.05) is 27.4 Å². The number of nitrogens with zero attached hydrogens (tertiary/aromatic N) is 4. The Balaban J connectivity index is 1.40. The van der Waals surface area contributed by atoms with Crippen molar-refractivity contribution in [2.24, 2.45) is 0 Å². The van der Waals surface area contributed by atoms with E-state index in [1.54, 1.807) is 0 Å². The van der Waals surface area contributed by atoms with Crippen LogP contribution in [0.1, 0.15) is 44.5 Å². The average Bonchev–Trinajstić information content (AvgIpc) is 3.35. The molecular formula is C29H22ClF2N5O3. The van der Waals surface area contributed by atoms with Crippen LogP contribution in [0.4, 0.5) is 20.2 Å². The fraction of sp³-hybridized carbons (Fsp3) is 0.172. The highest BCUT2D eigenvalue weighted by Crippen LogP contribution is 2.38. The summed E-state index contributed by atoms with van der Waals surface area (Å²) in [4.78, 5) is 28.1. The highest BCUT2D eigenvalue weighted by Gasteiger charge is 2.37. The smallest absolute Gasteiger partial charge is 0.298 e. The third-order valence-electron chi connectivity index (χ3n) is 6.68. The molecule has 0 spiro atoms. The number of ether oxygens (including phenoxy) is 1. The maximum absolute atomic E-state index is 15.1. The Kier molecular flexibility index (Phi) is 7.00. The van der Waals surface area contributed by atoms with Gasteiger partial charge in [0.15, 0.2) is 0 Å². The summed E-state index contributed by atoms with van der Waals surface area (Å²) in [7, 11) is 1.42. The third-order valence-corrected chi connectivity index (χ3v) is 6.94. The minimum Gasteiger partial charge on any atom is -0.495 e. The fourth-order valence-electron chi connectivity index (χ4n) is 4.65. The zero-order chi connectivity index (χ0) is 28.6. The number of nitriles is 1. The second-order valence-corrected chi connectivity index (χ2v) is 9.66. The predicted molar refractivity (Wildman–Crippen MR) is 145 cm³/mol. The summed E-state index contributed by atoms with van der Waals surface area (Å²) < 4.78 is 36.8. The summed E-state index contributed by atoms with van der Waals surface area (Å²) in [6.07, 6.45) is 1.38. The monoisotopic (exact) mass is 561 g/mol. The van der Waals surface area contributed by atoms with Gasteiger partial charge in [-0.3, -0.25) is 14.3 Å². The molecular weight excluding hydrogens is 540 g/mol. The molecule has 1 N–H and O–H groups in total. The SMILES string of the molecule is COc1ccc(C(=O)Nc2cnn3c2C(=O)N(c2ccc(C(F)(F)c4ccc(Cl)cc4)cc2)C(C)C3)cc1C#N. The van der Waals surface area contributed by atoms with E-state index in [1.165, 1.54) is 89.6 Å². The van der Waals surface area contributed by atoms with E-state index in [2.05, 4.69) is 10.4 Å². The van der Waals surface area contributed by atoms with Crippen molar-refractivity contribution in [2.45, 2.75) is 25.4 Å². The van der Waals surface area contributed by atoms with Crippen LogP contribution in [0.5, 0.6) is 5.75 Å². The van der Waals surface area contributed by atoms with Crippen LogP contribution in [0.15, 0.2) is 72.9 Å². The molecule has 5 rings (SSSR count). The first-order valence-electron chi connectivity index (χ1n) is 12.2. The molecule has 4 aromatic rings. The first kappa shape index (κ1) is 26.8. The Morgan fingerprint density at radius 1 is 1.12 bits per heavy atom. The lowest BCUT2D eigenvalue weighted by molar-refractivity contribution is 0.0428. The third kappa shape index (κ3) is 4.76. The van der Waals surface area contributed by atoms with Crippen molar-refractivity contribution in [3.63, 3.8) is 0 Å². The number of rotatable bonds is 6. The van der Waals surface area contributed by atoms with Crippen LogP contribution in [-0.4, -0.2) is 34.7 Å². The van der Waals surface area contributed by atoms with Gasteiger partial charge >= 0.3 is 0 Å². The lowest BCUT2D eigenvalue weighted by Crippen LogP contribution is -2.47. The summed E-state index contributed by atoms with van der Waals surface area (Å²) >= 11 is 5.84. The number of fused-ring (bicyclic) bond motifs is 1. The molecule has 2 heterocycles. The number of nitrogens with one attached hydrogen (secondary N) is 1. The quantitative estimate of drug-likeness (QED) is 0.318. The molecule has 1 aliphatic rings. The Hall–Kier alpha value is -4.75. The molecule has 2 amide bonds. The molecule has 202 valence electrons. The minimum atomic E-state index is -3.26. The molecule has 3 aromatic carbocycles. The fourth-order valence-corrected chi connectivity index (χ4v) is 4.77. The predicted octanol–water partition coefficient (Wildman–Crippen LogP) is 5.86. The lowest BCUT2D eigenvalue weighted by Gasteiger charge is -2.34. The van der Waals surface area contributed by atoms with E-state index in [4.69, 9.17) is 16.3 Å². The van der Waals surface area contributed by atoms with Gasteiger partial charge in [0.05, 0.1) is 37.1 Å². The molecule has 0 saturated carbocycles. The number of alkyl halides is 2. The van der Waals surface area contributed by atoms with E-state index in [0.29, 0.717) is 23.0 Å². The molecule has 1 aromatic heterocycles. The van der Waals surface area contributed by atoms with Crippen LogP contribution in [-0.2, 0) is 12.5 Å². The molecule has 40 heavy (non-hydrogen) atoms. The van der Waals surface area contributed by atoms with Crippen molar-refractivity contribution in [3.8, 4) is 11.8 Å². The van der Waals surface area contributed by atoms with Gasteiger partial charge in [-0.05, 0) is 49.4 Å². The summed E-state index contributed by atoms with van der Waals surface area (Å²) in [5.74, 6) is -3.92. The Bertz CT molecular complexity index is 1650. The zero-order valence-corrected chi connectivity index (χ0v) is 22.1. The van der Waals surface area contributed by atoms with Crippen molar-refractivity contribution in [1.82, 2.24) is 9.78 Å². The van der Waals surface area contributed by atoms with Crippen LogP contribution in [0.3, 0.4) is 0 Å². The number of halogens is 3. The number of aromatic nitrogens is 2. The molecule has 8 nitrogen and oxygen atoms in total. The number of methoxy groups -OCH3 is 1. The molecule has 1 unspecified atom stereocenters. The van der Waals surface area contributed by atoms with Gasteiger partial charge in [-0.15, -0.1) is 0 Å². The zero-order valence-electron chi connectivity index (χ0n) is 21.4. The van der Waals surface area contributed by atoms with Gasteiger partial charge in [-0.2, -0.15) is 19.1 Å². The number of amides is 2. The summed E-state index contributed by atoms with van der Waals surface area (Å²) in [5, 5.41) is 16.6. The van der Waals surface area contributed by atoms with E-state index >= 15 is 8.78 Å². The topological polar surface area (TPSA) is 100 Å². The summed E-state index contributed by atoms with van der Waals surface area (Å²) in [6, 6.07) is 16.9. The number of hydrogen-bond acceptors (Lipinski definition) is 5. The van der Waals surface area contributed by atoms with E-state index in [9.17, 15) is 14.9 Å². The van der Waals surface area contributed by atoms with Crippen LogP contribution in [0, 0.1) is 11.3 Å². The van der Waals surface area contributed by atoms with Crippen molar-refractivity contribution in [2.75, 3.05) is 17.3 Å². The van der Waals surface area contributed by atoms with Gasteiger partial charge < -0.3 is 15.0 Å². The Morgan fingerprint density at radius 2 is 1.77 bits per heavy atom. The Labute approximate surface area is 233 Å². The highest BCUT2D eigenvalue weighted by atomic mass is 35.5. The molecule has 0 aliphatic carbocycles. The molecule has 0 saturated heterocycles.